The van der Waals surface area contributed by atoms with E-state index in [4.69, 9.17) is 0 Å². The molecule has 0 aliphatic carbocycles. The minimum atomic E-state index is -0.436. The van der Waals surface area contributed by atoms with Crippen LogP contribution in [-0.4, -0.2) is 15.7 Å². The molecule has 0 saturated heterocycles. The van der Waals surface area contributed by atoms with Crippen LogP contribution in [0.2, 0.25) is 0 Å². The molecule has 0 aliphatic rings. The summed E-state index contributed by atoms with van der Waals surface area (Å²) in [5, 5.41) is 7.09. The number of nitrogens with one attached hydrogen (secondary N) is 1. The Labute approximate surface area is 125 Å². The second kappa shape index (κ2) is 6.17. The number of benzene rings is 1. The van der Waals surface area contributed by atoms with Crippen molar-refractivity contribution in [3.63, 3.8) is 0 Å². The van der Waals surface area contributed by atoms with Gasteiger partial charge in [-0.3, -0.25) is 9.48 Å². The monoisotopic (exact) mass is 339 g/mol. The van der Waals surface area contributed by atoms with E-state index < -0.39 is 5.82 Å². The quantitative estimate of drug-likeness (QED) is 0.930. The Morgan fingerprint density at radius 1 is 1.50 bits per heavy atom. The highest BCUT2D eigenvalue weighted by Gasteiger charge is 2.12. The summed E-state index contributed by atoms with van der Waals surface area (Å²) in [7, 11) is 1.84. The Hall–Kier alpha value is -1.69. The van der Waals surface area contributed by atoms with E-state index in [1.807, 2.05) is 20.2 Å². The molecule has 1 heterocycles. The van der Waals surface area contributed by atoms with Crippen molar-refractivity contribution in [1.82, 2.24) is 15.1 Å². The molecule has 0 fully saturated rings. The van der Waals surface area contributed by atoms with Crippen molar-refractivity contribution in [3.05, 3.63) is 51.5 Å². The van der Waals surface area contributed by atoms with Crippen LogP contribution in [0.3, 0.4) is 0 Å². The van der Waals surface area contributed by atoms with E-state index in [0.717, 1.165) is 17.7 Å². The lowest BCUT2D eigenvalue weighted by Crippen LogP contribution is -2.23. The summed E-state index contributed by atoms with van der Waals surface area (Å²) in [4.78, 5) is 12.1. The van der Waals surface area contributed by atoms with Gasteiger partial charge >= 0.3 is 0 Å². The zero-order valence-corrected chi connectivity index (χ0v) is 12.9. The van der Waals surface area contributed by atoms with Gasteiger partial charge in [0.15, 0.2) is 0 Å². The van der Waals surface area contributed by atoms with Crippen LogP contribution in [0, 0.1) is 5.82 Å². The van der Waals surface area contributed by atoms with Gasteiger partial charge in [-0.2, -0.15) is 5.10 Å². The second-order valence-electron chi connectivity index (χ2n) is 4.44. The summed E-state index contributed by atoms with van der Waals surface area (Å²) in [6, 6.07) is 4.03. The minimum absolute atomic E-state index is 0.284. The molecule has 0 spiro atoms. The van der Waals surface area contributed by atoms with Gasteiger partial charge in [-0.05, 0) is 40.5 Å². The predicted molar refractivity (Wildman–Crippen MR) is 77.9 cm³/mol. The Morgan fingerprint density at radius 2 is 2.25 bits per heavy atom. The van der Waals surface area contributed by atoms with Crippen LogP contribution in [0.25, 0.3) is 0 Å². The van der Waals surface area contributed by atoms with Gasteiger partial charge in [0, 0.05) is 29.8 Å². The van der Waals surface area contributed by atoms with Crippen molar-refractivity contribution in [3.8, 4) is 0 Å². The first-order chi connectivity index (χ1) is 9.51. The summed E-state index contributed by atoms with van der Waals surface area (Å²) in [5.74, 6) is -0.753. The third-order valence-electron chi connectivity index (χ3n) is 2.94. The van der Waals surface area contributed by atoms with E-state index in [-0.39, 0.29) is 11.5 Å². The van der Waals surface area contributed by atoms with Crippen molar-refractivity contribution in [1.29, 1.82) is 0 Å². The Morgan fingerprint density at radius 3 is 2.95 bits per heavy atom. The largest absolute Gasteiger partial charge is 0.348 e. The average molecular weight is 340 g/mol. The number of aromatic nitrogens is 2. The molecule has 2 aromatic rings. The van der Waals surface area contributed by atoms with E-state index >= 15 is 0 Å². The maximum absolute atomic E-state index is 13.2. The molecule has 1 N–H and O–H groups in total. The fraction of sp³-hybridized carbons (Fsp3) is 0.286. The molecular formula is C14H15BrFN3O. The molecule has 2 rings (SSSR count). The number of hydrogen-bond donors (Lipinski definition) is 1. The molecule has 0 bridgehead atoms. The topological polar surface area (TPSA) is 46.9 Å². The minimum Gasteiger partial charge on any atom is -0.348 e. The summed E-state index contributed by atoms with van der Waals surface area (Å²) in [5.41, 5.74) is 2.20. The number of carbonyl (C=O) groups excluding carboxylic acids is 1. The highest BCUT2D eigenvalue weighted by Crippen LogP contribution is 2.18. The standard InChI is InChI=1S/C14H15BrFN3O/c1-3-13-9(8-19(2)18-13)7-17-14(20)11-6-10(16)4-5-12(11)15/h4-6,8H,3,7H2,1-2H3,(H,17,20). The third-order valence-corrected chi connectivity index (χ3v) is 3.63. The number of halogens is 2. The van der Waals surface area contributed by atoms with E-state index in [1.165, 1.54) is 18.2 Å². The normalized spacial score (nSPS) is 10.6. The number of rotatable bonds is 4. The van der Waals surface area contributed by atoms with Crippen molar-refractivity contribution >= 4 is 21.8 Å². The van der Waals surface area contributed by atoms with Crippen LogP contribution in [0.15, 0.2) is 28.9 Å². The second-order valence-corrected chi connectivity index (χ2v) is 5.29. The molecule has 1 aromatic heterocycles. The number of aryl methyl sites for hydroxylation is 2. The first kappa shape index (κ1) is 14.7. The van der Waals surface area contributed by atoms with E-state index in [0.29, 0.717) is 11.0 Å². The lowest BCUT2D eigenvalue weighted by molar-refractivity contribution is 0.0949. The van der Waals surface area contributed by atoms with Crippen molar-refractivity contribution in [2.45, 2.75) is 19.9 Å². The molecular weight excluding hydrogens is 325 g/mol. The molecule has 106 valence electrons. The van der Waals surface area contributed by atoms with Gasteiger partial charge in [-0.1, -0.05) is 6.92 Å². The third kappa shape index (κ3) is 3.25. The van der Waals surface area contributed by atoms with Crippen LogP contribution in [-0.2, 0) is 20.0 Å². The molecule has 0 unspecified atom stereocenters. The fourth-order valence-electron chi connectivity index (χ4n) is 1.97. The smallest absolute Gasteiger partial charge is 0.252 e. The number of hydrogen-bond acceptors (Lipinski definition) is 2. The molecule has 20 heavy (non-hydrogen) atoms. The zero-order valence-electron chi connectivity index (χ0n) is 11.3. The lowest BCUT2D eigenvalue weighted by atomic mass is 10.2. The highest BCUT2D eigenvalue weighted by molar-refractivity contribution is 9.10. The number of carbonyl (C=O) groups is 1. The molecule has 1 amide bonds. The molecule has 0 saturated carbocycles. The summed E-state index contributed by atoms with van der Waals surface area (Å²) in [6.45, 7) is 2.38. The van der Waals surface area contributed by atoms with Crippen molar-refractivity contribution in [2.75, 3.05) is 0 Å². The van der Waals surface area contributed by atoms with Crippen LogP contribution < -0.4 is 5.32 Å². The zero-order chi connectivity index (χ0) is 14.7. The van der Waals surface area contributed by atoms with Crippen molar-refractivity contribution < 1.29 is 9.18 Å². The predicted octanol–water partition coefficient (Wildman–Crippen LogP) is 2.81. The first-order valence-electron chi connectivity index (χ1n) is 6.26. The summed E-state index contributed by atoms with van der Waals surface area (Å²) >= 11 is 3.25. The average Bonchev–Trinajstić information content (AvgIpc) is 2.79. The van der Waals surface area contributed by atoms with Crippen LogP contribution in [0.5, 0.6) is 0 Å². The first-order valence-corrected chi connectivity index (χ1v) is 7.05. The molecule has 0 radical (unpaired) electrons. The molecule has 4 nitrogen and oxygen atoms in total. The Kier molecular flexibility index (Phi) is 4.54. The number of nitrogens with zero attached hydrogens (tertiary/aromatic N) is 2. The molecule has 1 aromatic carbocycles. The van der Waals surface area contributed by atoms with Gasteiger partial charge in [-0.15, -0.1) is 0 Å². The maximum atomic E-state index is 13.2. The van der Waals surface area contributed by atoms with Gasteiger partial charge in [0.1, 0.15) is 5.82 Å². The summed E-state index contributed by atoms with van der Waals surface area (Å²) in [6.07, 6.45) is 2.68. The summed E-state index contributed by atoms with van der Waals surface area (Å²) < 4.78 is 15.5. The van der Waals surface area contributed by atoms with Crippen LogP contribution in [0.4, 0.5) is 4.39 Å². The van der Waals surface area contributed by atoms with Gasteiger partial charge in [0.05, 0.1) is 11.3 Å². The van der Waals surface area contributed by atoms with Crippen LogP contribution in [0.1, 0.15) is 28.5 Å². The number of amides is 1. The molecule has 0 atom stereocenters. The Bertz CT molecular complexity index is 639. The SMILES string of the molecule is CCc1nn(C)cc1CNC(=O)c1cc(F)ccc1Br. The van der Waals surface area contributed by atoms with Gasteiger partial charge in [0.25, 0.3) is 5.91 Å². The maximum Gasteiger partial charge on any atom is 0.252 e. The molecule has 6 heteroatoms. The lowest BCUT2D eigenvalue weighted by Gasteiger charge is -2.07. The Balaban J connectivity index is 2.10. The van der Waals surface area contributed by atoms with Gasteiger partial charge < -0.3 is 5.32 Å². The van der Waals surface area contributed by atoms with Gasteiger partial charge in [-0.25, -0.2) is 4.39 Å². The van der Waals surface area contributed by atoms with E-state index in [2.05, 4.69) is 26.3 Å². The fourth-order valence-corrected chi connectivity index (χ4v) is 2.40. The van der Waals surface area contributed by atoms with E-state index in [9.17, 15) is 9.18 Å². The molecule has 0 aliphatic heterocycles. The van der Waals surface area contributed by atoms with E-state index in [1.54, 1.807) is 4.68 Å². The van der Waals surface area contributed by atoms with Crippen LogP contribution >= 0.6 is 15.9 Å². The highest BCUT2D eigenvalue weighted by atomic mass is 79.9. The van der Waals surface area contributed by atoms with Gasteiger partial charge in [0.2, 0.25) is 0 Å². The van der Waals surface area contributed by atoms with Crippen molar-refractivity contribution in [2.24, 2.45) is 7.05 Å².